The third kappa shape index (κ3) is 4.89. The number of anilines is 1. The Kier molecular flexibility index (Phi) is 6.98. The van der Waals surface area contributed by atoms with Crippen molar-refractivity contribution < 1.29 is 17.6 Å². The molecule has 7 nitrogen and oxygen atoms in total. The first-order chi connectivity index (χ1) is 14.7. The van der Waals surface area contributed by atoms with E-state index in [1.165, 1.54) is 16.4 Å². The fourth-order valence-electron chi connectivity index (χ4n) is 3.36. The van der Waals surface area contributed by atoms with Crippen molar-refractivity contribution in [2.75, 3.05) is 18.4 Å². The zero-order valence-corrected chi connectivity index (χ0v) is 19.1. The number of nitrogens with zero attached hydrogens (tertiary/aromatic N) is 3. The van der Waals surface area contributed by atoms with Crippen LogP contribution in [0.15, 0.2) is 41.3 Å². The van der Waals surface area contributed by atoms with E-state index in [0.717, 1.165) is 11.6 Å². The van der Waals surface area contributed by atoms with Crippen LogP contribution in [-0.4, -0.2) is 41.3 Å². The number of aryl methyl sites for hydroxylation is 2. The first-order valence-corrected chi connectivity index (χ1v) is 11.7. The highest BCUT2D eigenvalue weighted by atomic mass is 35.5. The molecule has 1 amide bonds. The zero-order chi connectivity index (χ0) is 22.8. The molecule has 3 aromatic rings. The first-order valence-electron chi connectivity index (χ1n) is 9.87. The highest BCUT2D eigenvalue weighted by Crippen LogP contribution is 2.23. The molecule has 1 aromatic heterocycles. The van der Waals surface area contributed by atoms with E-state index < -0.39 is 15.8 Å². The number of sulfonamides is 1. The number of benzene rings is 2. The van der Waals surface area contributed by atoms with Crippen LogP contribution in [0.1, 0.15) is 26.1 Å². The molecular weight excluding hydrogens is 443 g/mol. The molecule has 3 rings (SSSR count). The molecule has 10 heteroatoms. The van der Waals surface area contributed by atoms with Gasteiger partial charge in [-0.15, -0.1) is 0 Å². The summed E-state index contributed by atoms with van der Waals surface area (Å²) in [6, 6.07) is 8.86. The van der Waals surface area contributed by atoms with E-state index in [9.17, 15) is 17.6 Å². The van der Waals surface area contributed by atoms with Gasteiger partial charge in [0.1, 0.15) is 11.6 Å². The maximum Gasteiger partial charge on any atom is 0.243 e. The molecule has 166 valence electrons. The second-order valence-electron chi connectivity index (χ2n) is 7.00. The molecule has 0 saturated heterocycles. The smallest absolute Gasteiger partial charge is 0.243 e. The molecule has 0 bridgehead atoms. The van der Waals surface area contributed by atoms with E-state index in [0.29, 0.717) is 30.9 Å². The normalized spacial score (nSPS) is 11.9. The summed E-state index contributed by atoms with van der Waals surface area (Å²) in [5.74, 6) is -0.345. The fourth-order valence-corrected chi connectivity index (χ4v) is 4.99. The summed E-state index contributed by atoms with van der Waals surface area (Å²) in [5, 5.41) is 2.77. The van der Waals surface area contributed by atoms with Crippen LogP contribution < -0.4 is 5.32 Å². The Balaban J connectivity index is 1.77. The predicted molar refractivity (Wildman–Crippen MR) is 119 cm³/mol. The van der Waals surface area contributed by atoms with Crippen LogP contribution in [0.3, 0.4) is 0 Å². The van der Waals surface area contributed by atoms with Gasteiger partial charge in [0.25, 0.3) is 0 Å². The largest absolute Gasteiger partial charge is 0.331 e. The lowest BCUT2D eigenvalue weighted by Crippen LogP contribution is -2.30. The number of hydrogen-bond acceptors (Lipinski definition) is 4. The third-order valence-corrected chi connectivity index (χ3v) is 7.35. The summed E-state index contributed by atoms with van der Waals surface area (Å²) < 4.78 is 42.6. The quantitative estimate of drug-likeness (QED) is 0.544. The van der Waals surface area contributed by atoms with Crippen molar-refractivity contribution in [3.8, 4) is 0 Å². The topological polar surface area (TPSA) is 84.3 Å². The molecule has 0 aliphatic heterocycles. The van der Waals surface area contributed by atoms with Crippen molar-refractivity contribution in [2.45, 2.75) is 31.6 Å². The summed E-state index contributed by atoms with van der Waals surface area (Å²) in [4.78, 5) is 16.9. The molecule has 0 spiro atoms. The number of carbonyl (C=O) groups is 1. The second kappa shape index (κ2) is 9.33. The predicted octanol–water partition coefficient (Wildman–Crippen LogP) is 3.97. The molecule has 0 fully saturated rings. The van der Waals surface area contributed by atoms with Crippen molar-refractivity contribution >= 4 is 44.3 Å². The number of hydrogen-bond donors (Lipinski definition) is 1. The molecule has 1 heterocycles. The lowest BCUT2D eigenvalue weighted by atomic mass is 10.2. The molecule has 1 N–H and O–H groups in total. The van der Waals surface area contributed by atoms with Gasteiger partial charge >= 0.3 is 0 Å². The van der Waals surface area contributed by atoms with Crippen LogP contribution in [0.5, 0.6) is 0 Å². The van der Waals surface area contributed by atoms with Gasteiger partial charge in [0.15, 0.2) is 0 Å². The summed E-state index contributed by atoms with van der Waals surface area (Å²) in [7, 11) is -1.78. The zero-order valence-electron chi connectivity index (χ0n) is 17.5. The van der Waals surface area contributed by atoms with Gasteiger partial charge in [0.05, 0.1) is 21.6 Å². The lowest BCUT2D eigenvalue weighted by molar-refractivity contribution is -0.116. The number of rotatable bonds is 8. The molecule has 31 heavy (non-hydrogen) atoms. The highest BCUT2D eigenvalue weighted by molar-refractivity contribution is 7.89. The van der Waals surface area contributed by atoms with E-state index in [4.69, 9.17) is 11.6 Å². The van der Waals surface area contributed by atoms with Crippen LogP contribution in [0.4, 0.5) is 10.1 Å². The van der Waals surface area contributed by atoms with Crippen molar-refractivity contribution in [1.29, 1.82) is 0 Å². The number of imidazole rings is 1. The van der Waals surface area contributed by atoms with Gasteiger partial charge in [-0.2, -0.15) is 4.31 Å². The van der Waals surface area contributed by atoms with E-state index in [-0.39, 0.29) is 27.9 Å². The van der Waals surface area contributed by atoms with Gasteiger partial charge in [-0.3, -0.25) is 4.79 Å². The summed E-state index contributed by atoms with van der Waals surface area (Å²) >= 11 is 5.72. The van der Waals surface area contributed by atoms with Gasteiger partial charge < -0.3 is 9.88 Å². The average Bonchev–Trinajstić information content (AvgIpc) is 3.04. The number of nitrogens with one attached hydrogen (secondary N) is 1. The molecule has 0 saturated carbocycles. The maximum absolute atomic E-state index is 13.9. The van der Waals surface area contributed by atoms with E-state index in [2.05, 4.69) is 10.3 Å². The van der Waals surface area contributed by atoms with Gasteiger partial charge in [0, 0.05) is 38.0 Å². The number of amides is 1. The molecule has 0 radical (unpaired) electrons. The van der Waals surface area contributed by atoms with Gasteiger partial charge in [-0.25, -0.2) is 17.8 Å². The minimum absolute atomic E-state index is 0.0608. The van der Waals surface area contributed by atoms with Crippen molar-refractivity contribution in [3.63, 3.8) is 0 Å². The third-order valence-electron chi connectivity index (χ3n) is 5.07. The van der Waals surface area contributed by atoms with Crippen LogP contribution in [0, 0.1) is 5.82 Å². The molecule has 0 unspecified atom stereocenters. The van der Waals surface area contributed by atoms with Gasteiger partial charge in [-0.05, 0) is 36.4 Å². The van der Waals surface area contributed by atoms with Gasteiger partial charge in [-0.1, -0.05) is 25.4 Å². The van der Waals surface area contributed by atoms with Crippen LogP contribution in [0.25, 0.3) is 11.0 Å². The van der Waals surface area contributed by atoms with Gasteiger partial charge in [0.2, 0.25) is 15.9 Å². The molecular formula is C21H24ClFN4O3S. The van der Waals surface area contributed by atoms with Crippen LogP contribution in [-0.2, 0) is 28.3 Å². The standard InChI is InChI=1S/C21H24ClFN4O3S/c1-4-27(5-2)31(29,30)15-7-9-19-18(13-15)24-20(26(19)3)10-11-21(28)25-17-8-6-14(22)12-16(17)23/h6-9,12-13H,4-5,10-11H2,1-3H3,(H,25,28). The molecule has 0 aliphatic carbocycles. The minimum atomic E-state index is -3.59. The fraction of sp³-hybridized carbons (Fsp3) is 0.333. The summed E-state index contributed by atoms with van der Waals surface area (Å²) in [6.45, 7) is 4.35. The Labute approximate surface area is 185 Å². The number of carbonyl (C=O) groups excluding carboxylic acids is 1. The van der Waals surface area contributed by atoms with Crippen molar-refractivity contribution in [2.24, 2.45) is 7.05 Å². The summed E-state index contributed by atoms with van der Waals surface area (Å²) in [6.07, 6.45) is 0.397. The van der Waals surface area contributed by atoms with Crippen LogP contribution >= 0.6 is 11.6 Å². The lowest BCUT2D eigenvalue weighted by Gasteiger charge is -2.18. The van der Waals surface area contributed by atoms with E-state index in [1.54, 1.807) is 39.1 Å². The Bertz CT molecular complexity index is 1220. The molecule has 0 atom stereocenters. The SMILES string of the molecule is CCN(CC)S(=O)(=O)c1ccc2c(c1)nc(CCC(=O)Nc1ccc(Cl)cc1F)n2C. The second-order valence-corrected chi connectivity index (χ2v) is 9.37. The van der Waals surface area contributed by atoms with E-state index >= 15 is 0 Å². The van der Waals surface area contributed by atoms with Crippen molar-refractivity contribution in [1.82, 2.24) is 13.9 Å². The Morgan fingerprint density at radius 2 is 1.90 bits per heavy atom. The minimum Gasteiger partial charge on any atom is -0.331 e. The maximum atomic E-state index is 13.9. The molecule has 2 aromatic carbocycles. The summed E-state index contributed by atoms with van der Waals surface area (Å²) in [5.41, 5.74) is 1.36. The Morgan fingerprint density at radius 3 is 2.55 bits per heavy atom. The van der Waals surface area contributed by atoms with E-state index in [1.807, 2.05) is 4.57 Å². The first kappa shape index (κ1) is 23.2. The number of fused-ring (bicyclic) bond motifs is 1. The Morgan fingerprint density at radius 1 is 1.19 bits per heavy atom. The highest BCUT2D eigenvalue weighted by Gasteiger charge is 2.22. The Hall–Kier alpha value is -2.49. The monoisotopic (exact) mass is 466 g/mol. The van der Waals surface area contributed by atoms with Crippen molar-refractivity contribution in [3.05, 3.63) is 53.1 Å². The average molecular weight is 467 g/mol. The number of halogens is 2. The molecule has 0 aliphatic rings. The number of aromatic nitrogens is 2. The van der Waals surface area contributed by atoms with Crippen LogP contribution in [0.2, 0.25) is 5.02 Å².